The van der Waals surface area contributed by atoms with Crippen LogP contribution in [0.4, 0.5) is 4.39 Å². The molecule has 1 amide bonds. The molecular formula is C9H17FN2O. The quantitative estimate of drug-likeness (QED) is 0.687. The summed E-state index contributed by atoms with van der Waals surface area (Å²) in [4.78, 5) is 13.1. The molecule has 2 N–H and O–H groups in total. The average molecular weight is 188 g/mol. The largest absolute Gasteiger partial charge is 0.335 e. The molecule has 0 aromatic heterocycles. The van der Waals surface area contributed by atoms with Crippen LogP contribution in [0.2, 0.25) is 0 Å². The molecule has 1 saturated heterocycles. The topological polar surface area (TPSA) is 46.3 Å². The van der Waals surface area contributed by atoms with Crippen LogP contribution in [-0.4, -0.2) is 36.1 Å². The summed E-state index contributed by atoms with van der Waals surface area (Å²) in [5.74, 6) is -0.0602. The van der Waals surface area contributed by atoms with Crippen molar-refractivity contribution in [2.45, 2.75) is 32.5 Å². The third-order valence-corrected chi connectivity index (χ3v) is 2.41. The van der Waals surface area contributed by atoms with Gasteiger partial charge >= 0.3 is 0 Å². The number of amides is 1. The van der Waals surface area contributed by atoms with Crippen LogP contribution in [0.3, 0.4) is 0 Å². The van der Waals surface area contributed by atoms with Gasteiger partial charge in [-0.15, -0.1) is 0 Å². The minimum atomic E-state index is -0.892. The monoisotopic (exact) mass is 188 g/mol. The van der Waals surface area contributed by atoms with Gasteiger partial charge in [-0.05, 0) is 0 Å². The molecular weight excluding hydrogens is 171 g/mol. The lowest BCUT2D eigenvalue weighted by Gasteiger charge is -2.24. The fourth-order valence-corrected chi connectivity index (χ4v) is 1.68. The summed E-state index contributed by atoms with van der Waals surface area (Å²) in [5, 5.41) is 0. The van der Waals surface area contributed by atoms with Gasteiger partial charge in [0, 0.05) is 24.9 Å². The van der Waals surface area contributed by atoms with Crippen LogP contribution in [0.25, 0.3) is 0 Å². The van der Waals surface area contributed by atoms with Gasteiger partial charge in [-0.3, -0.25) is 4.79 Å². The molecule has 0 aromatic carbocycles. The minimum absolute atomic E-state index is 0.00981. The number of nitrogens with zero attached hydrogens (tertiary/aromatic N) is 1. The van der Waals surface area contributed by atoms with Crippen LogP contribution in [-0.2, 0) is 4.79 Å². The maximum absolute atomic E-state index is 13.0. The normalized spacial score (nSPS) is 28.5. The number of alkyl halides is 1. The molecule has 4 heteroatoms. The number of halogens is 1. The predicted molar refractivity (Wildman–Crippen MR) is 48.9 cm³/mol. The van der Waals surface area contributed by atoms with Crippen LogP contribution in [0.1, 0.15) is 20.3 Å². The molecule has 0 radical (unpaired) electrons. The zero-order chi connectivity index (χ0) is 10.0. The Morgan fingerprint density at radius 2 is 2.31 bits per heavy atom. The van der Waals surface area contributed by atoms with Gasteiger partial charge in [-0.2, -0.15) is 0 Å². The molecule has 1 heterocycles. The second-order valence-electron chi connectivity index (χ2n) is 3.87. The molecule has 0 spiro atoms. The van der Waals surface area contributed by atoms with Crippen molar-refractivity contribution < 1.29 is 9.18 Å². The van der Waals surface area contributed by atoms with Gasteiger partial charge in [0.2, 0.25) is 5.91 Å². The number of hydrogen-bond donors (Lipinski definition) is 1. The highest BCUT2D eigenvalue weighted by molar-refractivity contribution is 5.78. The Bertz CT molecular complexity index is 196. The maximum atomic E-state index is 13.0. The van der Waals surface area contributed by atoms with Gasteiger partial charge in [0.25, 0.3) is 0 Å². The van der Waals surface area contributed by atoms with Gasteiger partial charge in [0.15, 0.2) is 0 Å². The predicted octanol–water partition coefficient (Wildman–Crippen LogP) is 0.540. The molecule has 1 aliphatic heterocycles. The Hall–Kier alpha value is -0.640. The molecule has 0 aliphatic carbocycles. The Kier molecular flexibility index (Phi) is 3.25. The SMILES string of the molecule is CC(C)C(=O)N1C[C@H](F)C[C@H]1CN. The number of likely N-dealkylation sites (tertiary alicyclic amines) is 1. The molecule has 1 rings (SSSR count). The Morgan fingerprint density at radius 1 is 1.69 bits per heavy atom. The van der Waals surface area contributed by atoms with Crippen LogP contribution in [0.5, 0.6) is 0 Å². The molecule has 13 heavy (non-hydrogen) atoms. The fraction of sp³-hybridized carbons (Fsp3) is 0.889. The van der Waals surface area contributed by atoms with E-state index in [0.29, 0.717) is 13.0 Å². The number of hydrogen-bond acceptors (Lipinski definition) is 2. The summed E-state index contributed by atoms with van der Waals surface area (Å²) in [6.45, 7) is 4.22. The molecule has 3 nitrogen and oxygen atoms in total. The standard InChI is InChI=1S/C9H17FN2O/c1-6(2)9(13)12-5-7(10)3-8(12)4-11/h6-8H,3-5,11H2,1-2H3/t7-,8+/m1/s1. The van der Waals surface area contributed by atoms with Crippen LogP contribution >= 0.6 is 0 Å². The smallest absolute Gasteiger partial charge is 0.225 e. The van der Waals surface area contributed by atoms with E-state index >= 15 is 0 Å². The molecule has 2 atom stereocenters. The summed E-state index contributed by atoms with van der Waals surface area (Å²) < 4.78 is 13.0. The van der Waals surface area contributed by atoms with E-state index in [1.807, 2.05) is 13.8 Å². The molecule has 0 saturated carbocycles. The first-order chi connectivity index (χ1) is 6.06. The molecule has 1 aliphatic rings. The average Bonchev–Trinajstić information content (AvgIpc) is 2.45. The molecule has 0 aromatic rings. The van der Waals surface area contributed by atoms with Crippen molar-refractivity contribution in [3.05, 3.63) is 0 Å². The fourth-order valence-electron chi connectivity index (χ4n) is 1.68. The zero-order valence-electron chi connectivity index (χ0n) is 8.16. The lowest BCUT2D eigenvalue weighted by Crippen LogP contribution is -2.42. The molecule has 0 bridgehead atoms. The van der Waals surface area contributed by atoms with Gasteiger partial charge in [-0.25, -0.2) is 4.39 Å². The number of carbonyl (C=O) groups excluding carboxylic acids is 1. The zero-order valence-corrected chi connectivity index (χ0v) is 8.16. The first-order valence-corrected chi connectivity index (χ1v) is 4.70. The number of nitrogens with two attached hydrogens (primary N) is 1. The molecule has 0 unspecified atom stereocenters. The third kappa shape index (κ3) is 2.18. The van der Waals surface area contributed by atoms with Crippen molar-refractivity contribution in [2.24, 2.45) is 11.7 Å². The lowest BCUT2D eigenvalue weighted by atomic mass is 10.1. The van der Waals surface area contributed by atoms with E-state index in [9.17, 15) is 9.18 Å². The molecule has 76 valence electrons. The Balaban J connectivity index is 2.62. The van der Waals surface area contributed by atoms with E-state index in [0.717, 1.165) is 0 Å². The van der Waals surface area contributed by atoms with E-state index in [-0.39, 0.29) is 24.4 Å². The van der Waals surface area contributed by atoms with E-state index in [2.05, 4.69) is 0 Å². The highest BCUT2D eigenvalue weighted by atomic mass is 19.1. The highest BCUT2D eigenvalue weighted by Gasteiger charge is 2.34. The van der Waals surface area contributed by atoms with Gasteiger partial charge < -0.3 is 10.6 Å². The third-order valence-electron chi connectivity index (χ3n) is 2.41. The summed E-state index contributed by atoms with van der Waals surface area (Å²) in [5.41, 5.74) is 5.46. The van der Waals surface area contributed by atoms with E-state index in [1.54, 1.807) is 4.90 Å². The first-order valence-electron chi connectivity index (χ1n) is 4.70. The second kappa shape index (κ2) is 4.05. The van der Waals surface area contributed by atoms with Gasteiger partial charge in [0.1, 0.15) is 6.17 Å². The van der Waals surface area contributed by atoms with Gasteiger partial charge in [-0.1, -0.05) is 13.8 Å². The molecule has 1 fully saturated rings. The lowest BCUT2D eigenvalue weighted by molar-refractivity contribution is -0.135. The van der Waals surface area contributed by atoms with Gasteiger partial charge in [0.05, 0.1) is 6.54 Å². The number of rotatable bonds is 2. The summed E-state index contributed by atoms with van der Waals surface area (Å²) in [7, 11) is 0. The van der Waals surface area contributed by atoms with Crippen LogP contribution in [0, 0.1) is 5.92 Å². The van der Waals surface area contributed by atoms with Crippen molar-refractivity contribution in [1.29, 1.82) is 0 Å². The Labute approximate surface area is 78.1 Å². The minimum Gasteiger partial charge on any atom is -0.335 e. The van der Waals surface area contributed by atoms with E-state index < -0.39 is 6.17 Å². The van der Waals surface area contributed by atoms with Crippen LogP contribution in [0.15, 0.2) is 0 Å². The summed E-state index contributed by atoms with van der Waals surface area (Å²) in [6.07, 6.45) is -0.495. The van der Waals surface area contributed by atoms with E-state index in [4.69, 9.17) is 5.73 Å². The van der Waals surface area contributed by atoms with Crippen molar-refractivity contribution in [3.8, 4) is 0 Å². The van der Waals surface area contributed by atoms with Crippen molar-refractivity contribution in [3.63, 3.8) is 0 Å². The summed E-state index contributed by atoms with van der Waals surface area (Å²) in [6, 6.07) is -0.0927. The Morgan fingerprint density at radius 3 is 2.77 bits per heavy atom. The second-order valence-corrected chi connectivity index (χ2v) is 3.87. The maximum Gasteiger partial charge on any atom is 0.225 e. The van der Waals surface area contributed by atoms with E-state index in [1.165, 1.54) is 0 Å². The van der Waals surface area contributed by atoms with Crippen molar-refractivity contribution in [1.82, 2.24) is 4.90 Å². The van der Waals surface area contributed by atoms with Crippen molar-refractivity contribution in [2.75, 3.05) is 13.1 Å². The highest BCUT2D eigenvalue weighted by Crippen LogP contribution is 2.21. The first kappa shape index (κ1) is 10.4. The van der Waals surface area contributed by atoms with Crippen LogP contribution < -0.4 is 5.73 Å². The summed E-state index contributed by atoms with van der Waals surface area (Å²) >= 11 is 0. The number of carbonyl (C=O) groups is 1. The van der Waals surface area contributed by atoms with Crippen molar-refractivity contribution >= 4 is 5.91 Å².